The molecule has 0 radical (unpaired) electrons. The Kier molecular flexibility index (Phi) is 5.82. The summed E-state index contributed by atoms with van der Waals surface area (Å²) in [7, 11) is 0. The second kappa shape index (κ2) is 8.11. The molecule has 2 aliphatic rings. The van der Waals surface area contributed by atoms with Gasteiger partial charge in [-0.3, -0.25) is 14.4 Å². The van der Waals surface area contributed by atoms with E-state index >= 15 is 0 Å². The standard InChI is InChI=1S/C21H28N2O4/c1-14-5-7-16(8-6-14)19(24)22-11-3-4-17(13-22)20(25)23(18-9-10-18)12-15(2)21(26)27/h5-8,15,17-18H,3-4,9-13H2,1-2H3,(H,26,27). The summed E-state index contributed by atoms with van der Waals surface area (Å²) in [5, 5.41) is 9.19. The van der Waals surface area contributed by atoms with Crippen LogP contribution in [-0.2, 0) is 9.59 Å². The highest BCUT2D eigenvalue weighted by Crippen LogP contribution is 2.31. The Hall–Kier alpha value is -2.37. The fraction of sp³-hybridized carbons (Fsp3) is 0.571. The molecule has 2 atom stereocenters. The van der Waals surface area contributed by atoms with Gasteiger partial charge in [0.2, 0.25) is 5.91 Å². The smallest absolute Gasteiger partial charge is 0.308 e. The van der Waals surface area contributed by atoms with Crippen molar-refractivity contribution in [1.29, 1.82) is 0 Å². The summed E-state index contributed by atoms with van der Waals surface area (Å²) in [5.41, 5.74) is 1.75. The molecular weight excluding hydrogens is 344 g/mol. The van der Waals surface area contributed by atoms with Crippen LogP contribution in [0.2, 0.25) is 0 Å². The molecule has 1 saturated heterocycles. The molecule has 1 aromatic carbocycles. The molecule has 2 unspecified atom stereocenters. The van der Waals surface area contributed by atoms with Crippen molar-refractivity contribution in [3.05, 3.63) is 35.4 Å². The first-order valence-electron chi connectivity index (χ1n) is 9.76. The molecular formula is C21H28N2O4. The van der Waals surface area contributed by atoms with Crippen LogP contribution in [0.15, 0.2) is 24.3 Å². The minimum absolute atomic E-state index is 0.00649. The average molecular weight is 372 g/mol. The molecule has 0 aromatic heterocycles. The van der Waals surface area contributed by atoms with Crippen molar-refractivity contribution < 1.29 is 19.5 Å². The summed E-state index contributed by atoms with van der Waals surface area (Å²) < 4.78 is 0. The monoisotopic (exact) mass is 372 g/mol. The first kappa shape index (κ1) is 19.4. The van der Waals surface area contributed by atoms with Crippen molar-refractivity contribution in [2.75, 3.05) is 19.6 Å². The van der Waals surface area contributed by atoms with Crippen LogP contribution in [0.5, 0.6) is 0 Å². The van der Waals surface area contributed by atoms with Crippen LogP contribution >= 0.6 is 0 Å². The summed E-state index contributed by atoms with van der Waals surface area (Å²) in [4.78, 5) is 40.6. The summed E-state index contributed by atoms with van der Waals surface area (Å²) >= 11 is 0. The zero-order valence-corrected chi connectivity index (χ0v) is 16.1. The molecule has 1 heterocycles. The fourth-order valence-corrected chi connectivity index (χ4v) is 3.65. The van der Waals surface area contributed by atoms with Gasteiger partial charge >= 0.3 is 5.97 Å². The van der Waals surface area contributed by atoms with Crippen molar-refractivity contribution in [1.82, 2.24) is 9.80 Å². The number of carboxylic acid groups (broad SMARTS) is 1. The third-order valence-electron chi connectivity index (χ3n) is 5.52. The van der Waals surface area contributed by atoms with E-state index in [1.807, 2.05) is 31.2 Å². The molecule has 1 saturated carbocycles. The van der Waals surface area contributed by atoms with E-state index in [0.29, 0.717) is 18.7 Å². The minimum Gasteiger partial charge on any atom is -0.481 e. The number of carboxylic acids is 1. The van der Waals surface area contributed by atoms with Gasteiger partial charge in [0.25, 0.3) is 5.91 Å². The number of hydrogen-bond acceptors (Lipinski definition) is 3. The molecule has 6 nitrogen and oxygen atoms in total. The van der Waals surface area contributed by atoms with E-state index in [-0.39, 0.29) is 30.3 Å². The number of carbonyl (C=O) groups is 3. The van der Waals surface area contributed by atoms with Gasteiger partial charge in [-0.15, -0.1) is 0 Å². The molecule has 1 N–H and O–H groups in total. The third kappa shape index (κ3) is 4.67. The maximum Gasteiger partial charge on any atom is 0.308 e. The largest absolute Gasteiger partial charge is 0.481 e. The lowest BCUT2D eigenvalue weighted by Crippen LogP contribution is -2.48. The van der Waals surface area contributed by atoms with Crippen LogP contribution in [0.3, 0.4) is 0 Å². The summed E-state index contributed by atoms with van der Waals surface area (Å²) in [6, 6.07) is 7.66. The second-order valence-corrected chi connectivity index (χ2v) is 7.92. The summed E-state index contributed by atoms with van der Waals surface area (Å²) in [6.07, 6.45) is 3.43. The van der Waals surface area contributed by atoms with Crippen LogP contribution in [0, 0.1) is 18.8 Å². The predicted octanol–water partition coefficient (Wildman–Crippen LogP) is 2.56. The van der Waals surface area contributed by atoms with Crippen LogP contribution in [0.1, 0.15) is 48.5 Å². The Bertz CT molecular complexity index is 711. The maximum atomic E-state index is 13.1. The van der Waals surface area contributed by atoms with E-state index in [4.69, 9.17) is 0 Å². The second-order valence-electron chi connectivity index (χ2n) is 7.92. The number of benzene rings is 1. The number of aryl methyl sites for hydroxylation is 1. The molecule has 146 valence electrons. The van der Waals surface area contributed by atoms with Crippen LogP contribution in [0.4, 0.5) is 0 Å². The van der Waals surface area contributed by atoms with Crippen molar-refractivity contribution in [3.8, 4) is 0 Å². The van der Waals surface area contributed by atoms with E-state index < -0.39 is 11.9 Å². The van der Waals surface area contributed by atoms with Gasteiger partial charge in [0.15, 0.2) is 0 Å². The van der Waals surface area contributed by atoms with Crippen LogP contribution in [0.25, 0.3) is 0 Å². The van der Waals surface area contributed by atoms with E-state index in [1.54, 1.807) is 16.7 Å². The number of rotatable bonds is 6. The van der Waals surface area contributed by atoms with Crippen molar-refractivity contribution in [2.24, 2.45) is 11.8 Å². The highest BCUT2D eigenvalue weighted by Gasteiger charge is 2.39. The molecule has 6 heteroatoms. The number of hydrogen-bond donors (Lipinski definition) is 1. The molecule has 27 heavy (non-hydrogen) atoms. The predicted molar refractivity (Wildman–Crippen MR) is 101 cm³/mol. The number of nitrogens with zero attached hydrogens (tertiary/aromatic N) is 2. The highest BCUT2D eigenvalue weighted by atomic mass is 16.4. The molecule has 1 aromatic rings. The number of likely N-dealkylation sites (tertiary alicyclic amines) is 1. The molecule has 0 bridgehead atoms. The minimum atomic E-state index is -0.881. The molecule has 1 aliphatic carbocycles. The SMILES string of the molecule is Cc1ccc(C(=O)N2CCCC(C(=O)N(CC(C)C(=O)O)C3CC3)C2)cc1. The van der Waals surface area contributed by atoms with Gasteiger partial charge in [-0.05, 0) is 44.7 Å². The molecule has 0 spiro atoms. The zero-order valence-electron chi connectivity index (χ0n) is 16.1. The van der Waals surface area contributed by atoms with E-state index in [2.05, 4.69) is 0 Å². The van der Waals surface area contributed by atoms with E-state index in [1.165, 1.54) is 0 Å². The van der Waals surface area contributed by atoms with Crippen molar-refractivity contribution in [3.63, 3.8) is 0 Å². The van der Waals surface area contributed by atoms with Crippen LogP contribution in [-0.4, -0.2) is 58.4 Å². The zero-order chi connectivity index (χ0) is 19.6. The van der Waals surface area contributed by atoms with Crippen molar-refractivity contribution in [2.45, 2.75) is 45.6 Å². The summed E-state index contributed by atoms with van der Waals surface area (Å²) in [6.45, 7) is 4.94. The van der Waals surface area contributed by atoms with Gasteiger partial charge in [0, 0.05) is 31.2 Å². The highest BCUT2D eigenvalue weighted by molar-refractivity contribution is 5.94. The summed E-state index contributed by atoms with van der Waals surface area (Å²) in [5.74, 6) is -1.73. The van der Waals surface area contributed by atoms with E-state index in [0.717, 1.165) is 31.2 Å². The lowest BCUT2D eigenvalue weighted by Gasteiger charge is -2.35. The lowest BCUT2D eigenvalue weighted by atomic mass is 9.95. The van der Waals surface area contributed by atoms with Gasteiger partial charge in [-0.1, -0.05) is 24.6 Å². The van der Waals surface area contributed by atoms with Gasteiger partial charge in [0.05, 0.1) is 11.8 Å². The Morgan fingerprint density at radius 2 is 1.85 bits per heavy atom. The Morgan fingerprint density at radius 1 is 1.19 bits per heavy atom. The number of piperidine rings is 1. The van der Waals surface area contributed by atoms with Gasteiger partial charge in [0.1, 0.15) is 0 Å². The Morgan fingerprint density at radius 3 is 2.44 bits per heavy atom. The lowest BCUT2D eigenvalue weighted by molar-refractivity contribution is -0.144. The third-order valence-corrected chi connectivity index (χ3v) is 5.52. The van der Waals surface area contributed by atoms with Gasteiger partial charge < -0.3 is 14.9 Å². The topological polar surface area (TPSA) is 77.9 Å². The maximum absolute atomic E-state index is 13.1. The van der Waals surface area contributed by atoms with E-state index in [9.17, 15) is 19.5 Å². The molecule has 2 amide bonds. The Labute approximate surface area is 160 Å². The first-order chi connectivity index (χ1) is 12.9. The van der Waals surface area contributed by atoms with Gasteiger partial charge in [-0.25, -0.2) is 0 Å². The fourth-order valence-electron chi connectivity index (χ4n) is 3.65. The molecule has 3 rings (SSSR count). The Balaban J connectivity index is 1.67. The quantitative estimate of drug-likeness (QED) is 0.832. The normalized spacial score (nSPS) is 20.8. The van der Waals surface area contributed by atoms with Crippen molar-refractivity contribution >= 4 is 17.8 Å². The number of aliphatic carboxylic acids is 1. The molecule has 1 aliphatic heterocycles. The van der Waals surface area contributed by atoms with Crippen LogP contribution < -0.4 is 0 Å². The number of carbonyl (C=O) groups excluding carboxylic acids is 2. The molecule has 2 fully saturated rings. The number of amides is 2. The van der Waals surface area contributed by atoms with Gasteiger partial charge in [-0.2, -0.15) is 0 Å². The average Bonchev–Trinajstić information content (AvgIpc) is 3.50. The first-order valence-corrected chi connectivity index (χ1v) is 9.76.